The molecule has 0 saturated heterocycles. The second-order valence-corrected chi connectivity index (χ2v) is 5.74. The van der Waals surface area contributed by atoms with Crippen molar-refractivity contribution in [2.24, 2.45) is 5.92 Å². The molecule has 1 unspecified atom stereocenters. The fourth-order valence-corrected chi connectivity index (χ4v) is 2.37. The summed E-state index contributed by atoms with van der Waals surface area (Å²) in [5, 5.41) is 10.3. The van der Waals surface area contributed by atoms with Crippen molar-refractivity contribution in [2.45, 2.75) is 52.1 Å². The molecule has 1 aromatic rings. The molecule has 16 heavy (non-hydrogen) atoms. The van der Waals surface area contributed by atoms with Crippen LogP contribution in [0.4, 0.5) is 0 Å². The van der Waals surface area contributed by atoms with E-state index in [1.807, 2.05) is 6.92 Å². The van der Waals surface area contributed by atoms with E-state index in [9.17, 15) is 5.11 Å². The van der Waals surface area contributed by atoms with Crippen LogP contribution in [0.25, 0.3) is 0 Å². The molecule has 0 bridgehead atoms. The van der Waals surface area contributed by atoms with Gasteiger partial charge in [0.25, 0.3) is 0 Å². The molecule has 1 aliphatic carbocycles. The monoisotopic (exact) mass is 218 g/mol. The van der Waals surface area contributed by atoms with Crippen molar-refractivity contribution in [3.8, 4) is 0 Å². The van der Waals surface area contributed by atoms with Gasteiger partial charge in [-0.25, -0.2) is 0 Å². The van der Waals surface area contributed by atoms with Crippen LogP contribution in [-0.2, 0) is 6.42 Å². The van der Waals surface area contributed by atoms with Crippen LogP contribution in [0.1, 0.15) is 42.9 Å². The summed E-state index contributed by atoms with van der Waals surface area (Å²) >= 11 is 0. The molecule has 0 heterocycles. The summed E-state index contributed by atoms with van der Waals surface area (Å²) in [7, 11) is 0. The molecule has 0 radical (unpaired) electrons. The quantitative estimate of drug-likeness (QED) is 0.821. The number of hydrogen-bond donors (Lipinski definition) is 1. The molecule has 0 amide bonds. The summed E-state index contributed by atoms with van der Waals surface area (Å²) in [6, 6.07) is 6.50. The Morgan fingerprint density at radius 3 is 2.50 bits per heavy atom. The first-order valence-corrected chi connectivity index (χ1v) is 6.25. The Hall–Kier alpha value is -0.820. The maximum atomic E-state index is 10.3. The molecule has 1 saturated carbocycles. The largest absolute Gasteiger partial charge is 0.390 e. The Kier molecular flexibility index (Phi) is 3.07. The van der Waals surface area contributed by atoms with Gasteiger partial charge in [-0.3, -0.25) is 0 Å². The minimum Gasteiger partial charge on any atom is -0.390 e. The van der Waals surface area contributed by atoms with E-state index >= 15 is 0 Å². The number of rotatable bonds is 4. The average Bonchev–Trinajstić information content (AvgIpc) is 2.94. The van der Waals surface area contributed by atoms with Gasteiger partial charge < -0.3 is 5.11 Å². The molecule has 0 spiro atoms. The lowest BCUT2D eigenvalue weighted by Gasteiger charge is -2.23. The van der Waals surface area contributed by atoms with E-state index in [2.05, 4.69) is 32.0 Å². The van der Waals surface area contributed by atoms with E-state index in [1.54, 1.807) is 0 Å². The number of benzene rings is 1. The molecule has 88 valence electrons. The lowest BCUT2D eigenvalue weighted by Crippen LogP contribution is -2.27. The Bertz CT molecular complexity index is 375. The van der Waals surface area contributed by atoms with Gasteiger partial charge in [-0.2, -0.15) is 0 Å². The molecule has 0 aromatic heterocycles. The third kappa shape index (κ3) is 3.08. The van der Waals surface area contributed by atoms with Crippen molar-refractivity contribution >= 4 is 0 Å². The first-order chi connectivity index (χ1) is 7.46. The van der Waals surface area contributed by atoms with Crippen LogP contribution < -0.4 is 0 Å². The standard InChI is InChI=1S/C15H22O/c1-11-4-5-14(8-12(11)2)10-15(3,16)9-13-6-7-13/h4-5,8,13,16H,6-7,9-10H2,1-3H3. The Labute approximate surface area is 98.5 Å². The summed E-state index contributed by atoms with van der Waals surface area (Å²) < 4.78 is 0. The van der Waals surface area contributed by atoms with Crippen LogP contribution in [0.2, 0.25) is 0 Å². The van der Waals surface area contributed by atoms with Gasteiger partial charge in [-0.15, -0.1) is 0 Å². The van der Waals surface area contributed by atoms with Gasteiger partial charge in [0.05, 0.1) is 5.60 Å². The van der Waals surface area contributed by atoms with E-state index in [-0.39, 0.29) is 0 Å². The summed E-state index contributed by atoms with van der Waals surface area (Å²) in [5.74, 6) is 0.779. The van der Waals surface area contributed by atoms with Gasteiger partial charge >= 0.3 is 0 Å². The average molecular weight is 218 g/mol. The van der Waals surface area contributed by atoms with E-state index < -0.39 is 5.60 Å². The van der Waals surface area contributed by atoms with Gasteiger partial charge in [0.1, 0.15) is 0 Å². The molecule has 1 N–H and O–H groups in total. The Morgan fingerprint density at radius 1 is 1.25 bits per heavy atom. The van der Waals surface area contributed by atoms with Crippen molar-refractivity contribution < 1.29 is 5.11 Å². The van der Waals surface area contributed by atoms with Crippen molar-refractivity contribution in [2.75, 3.05) is 0 Å². The maximum absolute atomic E-state index is 10.3. The highest BCUT2D eigenvalue weighted by atomic mass is 16.3. The predicted octanol–water partition coefficient (Wildman–Crippen LogP) is 3.40. The third-order valence-corrected chi connectivity index (χ3v) is 3.58. The van der Waals surface area contributed by atoms with E-state index in [0.29, 0.717) is 0 Å². The molecule has 0 aliphatic heterocycles. The molecule has 1 heteroatoms. The summed E-state index contributed by atoms with van der Waals surface area (Å²) in [6.07, 6.45) is 4.36. The summed E-state index contributed by atoms with van der Waals surface area (Å²) in [4.78, 5) is 0. The first kappa shape index (κ1) is 11.7. The van der Waals surface area contributed by atoms with Crippen LogP contribution >= 0.6 is 0 Å². The van der Waals surface area contributed by atoms with E-state index in [4.69, 9.17) is 0 Å². The normalized spacial score (nSPS) is 19.5. The van der Waals surface area contributed by atoms with Gasteiger partial charge in [0.2, 0.25) is 0 Å². The zero-order valence-electron chi connectivity index (χ0n) is 10.6. The first-order valence-electron chi connectivity index (χ1n) is 6.25. The number of hydrogen-bond acceptors (Lipinski definition) is 1. The minimum atomic E-state index is -0.525. The molecule has 1 atom stereocenters. The zero-order chi connectivity index (χ0) is 11.8. The third-order valence-electron chi connectivity index (χ3n) is 3.58. The number of aryl methyl sites for hydroxylation is 2. The van der Waals surface area contributed by atoms with Crippen LogP contribution in [0.5, 0.6) is 0 Å². The van der Waals surface area contributed by atoms with Gasteiger partial charge in [-0.05, 0) is 49.8 Å². The van der Waals surface area contributed by atoms with Gasteiger partial charge in [-0.1, -0.05) is 31.0 Å². The SMILES string of the molecule is Cc1ccc(CC(C)(O)CC2CC2)cc1C. The molecule has 1 aromatic carbocycles. The van der Waals surface area contributed by atoms with Crippen LogP contribution in [0.15, 0.2) is 18.2 Å². The fraction of sp³-hybridized carbons (Fsp3) is 0.600. The highest BCUT2D eigenvalue weighted by Gasteiger charge is 2.31. The Morgan fingerprint density at radius 2 is 1.94 bits per heavy atom. The van der Waals surface area contributed by atoms with Crippen molar-refractivity contribution in [1.29, 1.82) is 0 Å². The molecule has 2 rings (SSSR count). The molecule has 1 nitrogen and oxygen atoms in total. The topological polar surface area (TPSA) is 20.2 Å². The predicted molar refractivity (Wildman–Crippen MR) is 67.6 cm³/mol. The molecular formula is C15H22O. The second-order valence-electron chi connectivity index (χ2n) is 5.74. The summed E-state index contributed by atoms with van der Waals surface area (Å²) in [5.41, 5.74) is 3.38. The number of aliphatic hydroxyl groups is 1. The maximum Gasteiger partial charge on any atom is 0.0662 e. The van der Waals surface area contributed by atoms with Crippen LogP contribution in [0.3, 0.4) is 0 Å². The fourth-order valence-electron chi connectivity index (χ4n) is 2.37. The Balaban J connectivity index is 2.03. The van der Waals surface area contributed by atoms with E-state index in [0.717, 1.165) is 18.8 Å². The van der Waals surface area contributed by atoms with Gasteiger partial charge in [0.15, 0.2) is 0 Å². The second kappa shape index (κ2) is 4.21. The molecule has 1 fully saturated rings. The van der Waals surface area contributed by atoms with Crippen molar-refractivity contribution in [3.63, 3.8) is 0 Å². The van der Waals surface area contributed by atoms with E-state index in [1.165, 1.54) is 29.5 Å². The smallest absolute Gasteiger partial charge is 0.0662 e. The highest BCUT2D eigenvalue weighted by Crippen LogP contribution is 2.37. The minimum absolute atomic E-state index is 0.525. The van der Waals surface area contributed by atoms with Crippen LogP contribution in [0, 0.1) is 19.8 Å². The van der Waals surface area contributed by atoms with Crippen molar-refractivity contribution in [3.05, 3.63) is 34.9 Å². The lowest BCUT2D eigenvalue weighted by molar-refractivity contribution is 0.0455. The highest BCUT2D eigenvalue weighted by molar-refractivity contribution is 5.30. The lowest BCUT2D eigenvalue weighted by atomic mass is 9.90. The summed E-state index contributed by atoms with van der Waals surface area (Å²) in [6.45, 7) is 6.23. The van der Waals surface area contributed by atoms with Crippen LogP contribution in [-0.4, -0.2) is 10.7 Å². The zero-order valence-corrected chi connectivity index (χ0v) is 10.6. The molecular weight excluding hydrogens is 196 g/mol. The molecule has 1 aliphatic rings. The van der Waals surface area contributed by atoms with Gasteiger partial charge in [0, 0.05) is 6.42 Å². The van der Waals surface area contributed by atoms with Crippen molar-refractivity contribution in [1.82, 2.24) is 0 Å².